The van der Waals surface area contributed by atoms with Gasteiger partial charge in [-0.05, 0) is 0 Å². The molecular formula is C5H5N2OS. The molecule has 1 amide bonds. The second-order valence-corrected chi connectivity index (χ2v) is 2.54. The maximum absolute atomic E-state index is 10.2. The van der Waals surface area contributed by atoms with E-state index < -0.39 is 5.91 Å². The molecular weight excluding hydrogens is 136 g/mol. The Morgan fingerprint density at radius 1 is 1.89 bits per heavy atom. The van der Waals surface area contributed by atoms with Gasteiger partial charge in [-0.15, -0.1) is 11.3 Å². The second kappa shape index (κ2) is 2.59. The van der Waals surface area contributed by atoms with Gasteiger partial charge in [-0.3, -0.25) is 15.5 Å². The number of amides is 1. The van der Waals surface area contributed by atoms with Crippen molar-refractivity contribution < 1.29 is 4.79 Å². The first-order valence-corrected chi connectivity index (χ1v) is 3.29. The van der Waals surface area contributed by atoms with Crippen molar-refractivity contribution in [2.45, 2.75) is 6.42 Å². The molecule has 0 unspecified atom stereocenters. The fraction of sp³-hybridized carbons (Fsp3) is 0.200. The SMILES string of the molecule is [NH]C(=O)Cc1cncs1. The Morgan fingerprint density at radius 2 is 2.67 bits per heavy atom. The summed E-state index contributed by atoms with van der Waals surface area (Å²) in [6, 6.07) is 0. The van der Waals surface area contributed by atoms with E-state index in [1.807, 2.05) is 0 Å². The zero-order chi connectivity index (χ0) is 6.69. The molecule has 1 aromatic heterocycles. The van der Waals surface area contributed by atoms with Crippen LogP contribution >= 0.6 is 11.3 Å². The highest BCUT2D eigenvalue weighted by Crippen LogP contribution is 2.04. The van der Waals surface area contributed by atoms with Gasteiger partial charge >= 0.3 is 0 Å². The Labute approximate surface area is 56.5 Å². The summed E-state index contributed by atoms with van der Waals surface area (Å²) in [5.74, 6) is -0.556. The molecule has 3 nitrogen and oxygen atoms in total. The van der Waals surface area contributed by atoms with Crippen LogP contribution in [-0.2, 0) is 11.2 Å². The Kier molecular flexibility index (Phi) is 1.79. The molecule has 47 valence electrons. The van der Waals surface area contributed by atoms with Crippen molar-refractivity contribution in [1.82, 2.24) is 10.7 Å². The molecule has 0 saturated carbocycles. The molecule has 0 aliphatic rings. The van der Waals surface area contributed by atoms with E-state index in [0.717, 1.165) is 4.88 Å². The highest BCUT2D eigenvalue weighted by molar-refractivity contribution is 7.09. The average Bonchev–Trinajstić information content (AvgIpc) is 2.15. The Balaban J connectivity index is 2.58. The molecule has 4 heteroatoms. The Bertz CT molecular complexity index is 195. The van der Waals surface area contributed by atoms with Crippen LogP contribution in [0.25, 0.3) is 0 Å². The lowest BCUT2D eigenvalue weighted by Gasteiger charge is -1.83. The zero-order valence-electron chi connectivity index (χ0n) is 4.63. The molecule has 1 rings (SSSR count). The lowest BCUT2D eigenvalue weighted by molar-refractivity contribution is -0.117. The molecule has 0 spiro atoms. The van der Waals surface area contributed by atoms with Crippen molar-refractivity contribution in [3.05, 3.63) is 16.6 Å². The van der Waals surface area contributed by atoms with Gasteiger partial charge in [0.25, 0.3) is 0 Å². The number of nitrogens with one attached hydrogen (secondary N) is 1. The molecule has 0 aromatic carbocycles. The molecule has 1 heterocycles. The second-order valence-electron chi connectivity index (χ2n) is 1.57. The number of carbonyl (C=O) groups is 1. The normalized spacial score (nSPS) is 9.33. The summed E-state index contributed by atoms with van der Waals surface area (Å²) in [7, 11) is 0. The largest absolute Gasteiger partial charge is 0.273 e. The van der Waals surface area contributed by atoms with Crippen LogP contribution in [0.3, 0.4) is 0 Å². The minimum atomic E-state index is -0.556. The van der Waals surface area contributed by atoms with E-state index in [4.69, 9.17) is 5.73 Å². The molecule has 0 atom stereocenters. The molecule has 1 radical (unpaired) electrons. The van der Waals surface area contributed by atoms with Crippen LogP contribution in [0.4, 0.5) is 0 Å². The van der Waals surface area contributed by atoms with Crippen LogP contribution in [0.1, 0.15) is 4.88 Å². The van der Waals surface area contributed by atoms with Crippen LogP contribution in [0, 0.1) is 0 Å². The van der Waals surface area contributed by atoms with Gasteiger partial charge in [-0.1, -0.05) is 0 Å². The summed E-state index contributed by atoms with van der Waals surface area (Å²) in [5.41, 5.74) is 8.24. The fourth-order valence-electron chi connectivity index (χ4n) is 0.488. The first-order valence-electron chi connectivity index (χ1n) is 2.41. The molecule has 0 aliphatic carbocycles. The molecule has 1 N–H and O–H groups in total. The number of rotatable bonds is 2. The summed E-state index contributed by atoms with van der Waals surface area (Å²) in [6.45, 7) is 0. The molecule has 0 bridgehead atoms. The van der Waals surface area contributed by atoms with E-state index in [1.54, 1.807) is 11.7 Å². The van der Waals surface area contributed by atoms with Crippen LogP contribution in [0.5, 0.6) is 0 Å². The monoisotopic (exact) mass is 141 g/mol. The van der Waals surface area contributed by atoms with Gasteiger partial charge in [0.05, 0.1) is 11.9 Å². The number of thiazole rings is 1. The minimum Gasteiger partial charge on any atom is -0.273 e. The lowest BCUT2D eigenvalue weighted by atomic mass is 10.4. The van der Waals surface area contributed by atoms with Gasteiger partial charge in [-0.25, -0.2) is 0 Å². The van der Waals surface area contributed by atoms with Gasteiger partial charge in [0, 0.05) is 11.1 Å². The zero-order valence-corrected chi connectivity index (χ0v) is 5.44. The first-order chi connectivity index (χ1) is 4.29. The highest BCUT2D eigenvalue weighted by Gasteiger charge is 1.98. The van der Waals surface area contributed by atoms with Crippen LogP contribution in [-0.4, -0.2) is 10.9 Å². The van der Waals surface area contributed by atoms with E-state index in [1.165, 1.54) is 11.3 Å². The molecule has 9 heavy (non-hydrogen) atoms. The van der Waals surface area contributed by atoms with Crippen molar-refractivity contribution in [1.29, 1.82) is 0 Å². The summed E-state index contributed by atoms with van der Waals surface area (Å²) in [5, 5.41) is 0. The molecule has 1 aromatic rings. The topological polar surface area (TPSA) is 53.8 Å². The maximum atomic E-state index is 10.2. The summed E-state index contributed by atoms with van der Waals surface area (Å²) < 4.78 is 0. The Hall–Kier alpha value is -0.900. The number of aromatic nitrogens is 1. The third kappa shape index (κ3) is 1.81. The highest BCUT2D eigenvalue weighted by atomic mass is 32.1. The predicted molar refractivity (Wildman–Crippen MR) is 33.9 cm³/mol. The van der Waals surface area contributed by atoms with Crippen molar-refractivity contribution >= 4 is 17.2 Å². The average molecular weight is 141 g/mol. The molecule has 0 aliphatic heterocycles. The van der Waals surface area contributed by atoms with Gasteiger partial charge in [0.2, 0.25) is 5.91 Å². The van der Waals surface area contributed by atoms with Crippen molar-refractivity contribution in [3.63, 3.8) is 0 Å². The van der Waals surface area contributed by atoms with E-state index in [0.29, 0.717) is 0 Å². The molecule has 0 saturated heterocycles. The minimum absolute atomic E-state index is 0.199. The van der Waals surface area contributed by atoms with Gasteiger partial charge in [0.15, 0.2) is 0 Å². The van der Waals surface area contributed by atoms with E-state index >= 15 is 0 Å². The number of hydrogen-bond acceptors (Lipinski definition) is 3. The fourth-order valence-corrected chi connectivity index (χ4v) is 1.08. The summed E-state index contributed by atoms with van der Waals surface area (Å²) in [6.07, 6.45) is 1.81. The van der Waals surface area contributed by atoms with Crippen molar-refractivity contribution in [3.8, 4) is 0 Å². The standard InChI is InChI=1S/C5H5N2OS/c6-5(8)1-4-2-7-3-9-4/h2-3,6H,1H2. The van der Waals surface area contributed by atoms with E-state index in [2.05, 4.69) is 4.98 Å². The molecule has 0 fully saturated rings. The number of carbonyl (C=O) groups excluding carboxylic acids is 1. The smallest absolute Gasteiger partial charge is 0.243 e. The number of hydrogen-bond donors (Lipinski definition) is 0. The first kappa shape index (κ1) is 6.22. The van der Waals surface area contributed by atoms with Gasteiger partial charge < -0.3 is 0 Å². The van der Waals surface area contributed by atoms with Crippen LogP contribution in [0.15, 0.2) is 11.7 Å². The maximum Gasteiger partial charge on any atom is 0.243 e. The van der Waals surface area contributed by atoms with Crippen LogP contribution < -0.4 is 5.73 Å². The van der Waals surface area contributed by atoms with E-state index in [-0.39, 0.29) is 6.42 Å². The van der Waals surface area contributed by atoms with Crippen molar-refractivity contribution in [2.75, 3.05) is 0 Å². The summed E-state index contributed by atoms with van der Waals surface area (Å²) in [4.78, 5) is 14.8. The third-order valence-corrected chi connectivity index (χ3v) is 1.60. The quantitative estimate of drug-likeness (QED) is 0.602. The van der Waals surface area contributed by atoms with Crippen molar-refractivity contribution in [2.24, 2.45) is 0 Å². The predicted octanol–water partition coefficient (Wildman–Crippen LogP) is 0.495. The summed E-state index contributed by atoms with van der Waals surface area (Å²) >= 11 is 1.40. The van der Waals surface area contributed by atoms with Gasteiger partial charge in [0.1, 0.15) is 0 Å². The van der Waals surface area contributed by atoms with Crippen LogP contribution in [0.2, 0.25) is 0 Å². The lowest BCUT2D eigenvalue weighted by Crippen LogP contribution is -1.99. The van der Waals surface area contributed by atoms with E-state index in [9.17, 15) is 4.79 Å². The third-order valence-electron chi connectivity index (χ3n) is 0.818. The Morgan fingerprint density at radius 3 is 3.11 bits per heavy atom. The number of nitrogens with zero attached hydrogens (tertiary/aromatic N) is 1. The van der Waals surface area contributed by atoms with Gasteiger partial charge in [-0.2, -0.15) is 0 Å².